The van der Waals surface area contributed by atoms with Crippen molar-refractivity contribution in [3.05, 3.63) is 64.7 Å². The van der Waals surface area contributed by atoms with E-state index in [0.717, 1.165) is 19.4 Å². The number of nitrogens with zero attached hydrogens (tertiary/aromatic N) is 1. The number of carbonyl (C=O) groups is 1. The highest BCUT2D eigenvalue weighted by Crippen LogP contribution is 2.43. The number of benzene rings is 2. The zero-order valence-electron chi connectivity index (χ0n) is 14.4. The van der Waals surface area contributed by atoms with Crippen LogP contribution < -0.4 is 5.32 Å². The lowest BCUT2D eigenvalue weighted by atomic mass is 9.87. The molecule has 3 nitrogen and oxygen atoms in total. The first-order valence-corrected chi connectivity index (χ1v) is 8.85. The number of fused-ring (bicyclic) bond motifs is 1. The molecule has 0 radical (unpaired) electrons. The van der Waals surface area contributed by atoms with Gasteiger partial charge in [0.2, 0.25) is 5.91 Å². The van der Waals surface area contributed by atoms with E-state index in [9.17, 15) is 4.79 Å². The van der Waals surface area contributed by atoms with Gasteiger partial charge in [-0.15, -0.1) is 0 Å². The van der Waals surface area contributed by atoms with Crippen molar-refractivity contribution >= 4 is 11.6 Å². The highest BCUT2D eigenvalue weighted by Gasteiger charge is 2.35. The molecule has 2 aromatic rings. The first-order chi connectivity index (χ1) is 11.6. The van der Waals surface area contributed by atoms with Crippen LogP contribution in [0.5, 0.6) is 0 Å². The molecule has 1 saturated heterocycles. The van der Waals surface area contributed by atoms with Crippen molar-refractivity contribution in [3.8, 4) is 0 Å². The molecule has 0 aromatic heterocycles. The molecular formula is C21H24N2O. The summed E-state index contributed by atoms with van der Waals surface area (Å²) in [4.78, 5) is 14.5. The average molecular weight is 320 g/mol. The number of likely N-dealkylation sites (tertiary alicyclic amines) is 1. The van der Waals surface area contributed by atoms with Crippen LogP contribution >= 0.6 is 0 Å². The third-order valence-electron chi connectivity index (χ3n) is 5.32. The van der Waals surface area contributed by atoms with E-state index in [1.54, 1.807) is 0 Å². The third-order valence-corrected chi connectivity index (χ3v) is 5.32. The molecule has 2 aliphatic heterocycles. The first kappa shape index (κ1) is 15.3. The van der Waals surface area contributed by atoms with E-state index in [4.69, 9.17) is 0 Å². The van der Waals surface area contributed by atoms with Crippen molar-refractivity contribution in [2.24, 2.45) is 0 Å². The van der Waals surface area contributed by atoms with E-state index in [1.807, 2.05) is 0 Å². The fourth-order valence-corrected chi connectivity index (χ4v) is 4.00. The number of amides is 1. The lowest BCUT2D eigenvalue weighted by molar-refractivity contribution is -0.130. The number of carbonyl (C=O) groups excluding carboxylic acids is 1. The summed E-state index contributed by atoms with van der Waals surface area (Å²) < 4.78 is 0. The molecule has 2 aromatic carbocycles. The van der Waals surface area contributed by atoms with Crippen LogP contribution in [0.2, 0.25) is 0 Å². The van der Waals surface area contributed by atoms with Gasteiger partial charge in [0, 0.05) is 18.7 Å². The zero-order chi connectivity index (χ0) is 16.7. The topological polar surface area (TPSA) is 32.3 Å². The second-order valence-corrected chi connectivity index (χ2v) is 7.14. The van der Waals surface area contributed by atoms with Gasteiger partial charge in [0.1, 0.15) is 0 Å². The molecule has 3 heteroatoms. The molecule has 124 valence electrons. The molecule has 24 heavy (non-hydrogen) atoms. The summed E-state index contributed by atoms with van der Waals surface area (Å²) in [6.45, 7) is 5.12. The Morgan fingerprint density at radius 2 is 1.79 bits per heavy atom. The summed E-state index contributed by atoms with van der Waals surface area (Å²) in [5.74, 6) is 0.303. The van der Waals surface area contributed by atoms with Crippen molar-refractivity contribution in [3.63, 3.8) is 0 Å². The van der Waals surface area contributed by atoms with Crippen LogP contribution in [0, 0.1) is 13.8 Å². The maximum absolute atomic E-state index is 12.4. The molecule has 2 atom stereocenters. The van der Waals surface area contributed by atoms with E-state index >= 15 is 0 Å². The third kappa shape index (κ3) is 2.68. The molecule has 0 bridgehead atoms. The highest BCUT2D eigenvalue weighted by atomic mass is 16.2. The number of aryl methyl sites for hydroxylation is 2. The van der Waals surface area contributed by atoms with Crippen molar-refractivity contribution in [2.45, 2.75) is 45.2 Å². The zero-order valence-corrected chi connectivity index (χ0v) is 14.4. The minimum absolute atomic E-state index is 0.183. The van der Waals surface area contributed by atoms with Crippen LogP contribution in [-0.2, 0) is 4.79 Å². The second kappa shape index (κ2) is 5.97. The Balaban J connectivity index is 1.73. The Morgan fingerprint density at radius 3 is 2.50 bits per heavy atom. The van der Waals surface area contributed by atoms with E-state index in [1.165, 1.54) is 27.9 Å². The molecule has 2 aliphatic rings. The normalized spacial score (nSPS) is 23.1. The van der Waals surface area contributed by atoms with Crippen molar-refractivity contribution in [1.82, 2.24) is 4.90 Å². The van der Waals surface area contributed by atoms with Gasteiger partial charge in [-0.1, -0.05) is 47.5 Å². The van der Waals surface area contributed by atoms with Gasteiger partial charge in [0.25, 0.3) is 0 Å². The summed E-state index contributed by atoms with van der Waals surface area (Å²) in [5, 5.41) is 3.69. The molecule has 1 N–H and O–H groups in total. The smallest absolute Gasteiger partial charge is 0.223 e. The molecule has 1 fully saturated rings. The Morgan fingerprint density at radius 1 is 1.04 bits per heavy atom. The summed E-state index contributed by atoms with van der Waals surface area (Å²) in [6, 6.07) is 15.7. The van der Waals surface area contributed by atoms with Crippen LogP contribution in [0.4, 0.5) is 5.69 Å². The van der Waals surface area contributed by atoms with Crippen LogP contribution in [0.1, 0.15) is 53.6 Å². The van der Waals surface area contributed by atoms with Gasteiger partial charge in [-0.2, -0.15) is 0 Å². The lowest BCUT2D eigenvalue weighted by Gasteiger charge is -2.38. The van der Waals surface area contributed by atoms with Gasteiger partial charge in [0.15, 0.2) is 0 Å². The van der Waals surface area contributed by atoms with Crippen molar-refractivity contribution in [1.29, 1.82) is 0 Å². The molecule has 2 unspecified atom stereocenters. The monoisotopic (exact) mass is 320 g/mol. The van der Waals surface area contributed by atoms with Gasteiger partial charge >= 0.3 is 0 Å². The number of hydrogen-bond donors (Lipinski definition) is 1. The Hall–Kier alpha value is -2.29. The summed E-state index contributed by atoms with van der Waals surface area (Å²) >= 11 is 0. The fraction of sp³-hybridized carbons (Fsp3) is 0.381. The second-order valence-electron chi connectivity index (χ2n) is 7.14. The number of rotatable bonds is 2. The summed E-state index contributed by atoms with van der Waals surface area (Å²) in [7, 11) is 0. The number of hydrogen-bond acceptors (Lipinski definition) is 2. The van der Waals surface area contributed by atoms with E-state index in [-0.39, 0.29) is 12.1 Å². The predicted octanol–water partition coefficient (Wildman–Crippen LogP) is 4.52. The maximum atomic E-state index is 12.4. The molecule has 4 rings (SSSR count). The molecule has 0 saturated carbocycles. The standard InChI is InChI=1S/C21H24N2O/c1-14-5-8-16(9-6-14)19-13-20(23-11-3-4-21(23)24)17-12-15(2)7-10-18(17)22-19/h5-10,12,19-20,22H,3-4,11,13H2,1-2H3. The fourth-order valence-electron chi connectivity index (χ4n) is 4.00. The molecule has 1 amide bonds. The highest BCUT2D eigenvalue weighted by molar-refractivity contribution is 5.79. The van der Waals surface area contributed by atoms with E-state index < -0.39 is 0 Å². The SMILES string of the molecule is Cc1ccc(C2CC(N3CCCC3=O)c3cc(C)ccc3N2)cc1. The van der Waals surface area contributed by atoms with Gasteiger partial charge < -0.3 is 10.2 Å². The van der Waals surface area contributed by atoms with Crippen LogP contribution in [0.15, 0.2) is 42.5 Å². The summed E-state index contributed by atoms with van der Waals surface area (Å²) in [5.41, 5.74) is 6.26. The molecular weight excluding hydrogens is 296 g/mol. The van der Waals surface area contributed by atoms with Crippen LogP contribution in [0.3, 0.4) is 0 Å². The number of nitrogens with one attached hydrogen (secondary N) is 1. The molecule has 2 heterocycles. The van der Waals surface area contributed by atoms with Crippen LogP contribution in [-0.4, -0.2) is 17.4 Å². The minimum Gasteiger partial charge on any atom is -0.378 e. The molecule has 0 spiro atoms. The minimum atomic E-state index is 0.183. The first-order valence-electron chi connectivity index (χ1n) is 8.85. The average Bonchev–Trinajstić information content (AvgIpc) is 3.00. The Kier molecular flexibility index (Phi) is 3.79. The van der Waals surface area contributed by atoms with Gasteiger partial charge in [-0.3, -0.25) is 4.79 Å². The Labute approximate surface area is 143 Å². The van der Waals surface area contributed by atoms with E-state index in [0.29, 0.717) is 12.3 Å². The number of anilines is 1. The Bertz CT molecular complexity index is 766. The van der Waals surface area contributed by atoms with E-state index in [2.05, 4.69) is 66.5 Å². The largest absolute Gasteiger partial charge is 0.378 e. The van der Waals surface area contributed by atoms with Gasteiger partial charge in [-0.25, -0.2) is 0 Å². The molecule has 0 aliphatic carbocycles. The van der Waals surface area contributed by atoms with Crippen molar-refractivity contribution in [2.75, 3.05) is 11.9 Å². The predicted molar refractivity (Wildman–Crippen MR) is 97.0 cm³/mol. The lowest BCUT2D eigenvalue weighted by Crippen LogP contribution is -2.35. The van der Waals surface area contributed by atoms with Crippen LogP contribution in [0.25, 0.3) is 0 Å². The van der Waals surface area contributed by atoms with Crippen molar-refractivity contribution < 1.29 is 4.79 Å². The van der Waals surface area contributed by atoms with Gasteiger partial charge in [-0.05, 0) is 43.9 Å². The summed E-state index contributed by atoms with van der Waals surface area (Å²) in [6.07, 6.45) is 2.62. The quantitative estimate of drug-likeness (QED) is 0.882. The maximum Gasteiger partial charge on any atom is 0.223 e. The van der Waals surface area contributed by atoms with Gasteiger partial charge in [0.05, 0.1) is 12.1 Å².